The van der Waals surface area contributed by atoms with Gasteiger partial charge in [-0.1, -0.05) is 129 Å². The quantitative estimate of drug-likeness (QED) is 0.0734. The first-order valence-electron chi connectivity index (χ1n) is 14.6. The molecule has 0 aromatic rings. The number of carboxylic acids is 2. The molecule has 0 saturated carbocycles. The minimum absolute atomic E-state index is 0.994. The summed E-state index contributed by atoms with van der Waals surface area (Å²) in [7, 11) is -4.84. The molecule has 0 aliphatic heterocycles. The molecule has 0 amide bonds. The van der Waals surface area contributed by atoms with Gasteiger partial charge in [0, 0.05) is 13.2 Å². The molecule has 0 saturated heterocycles. The highest BCUT2D eigenvalue weighted by molar-refractivity contribution is 7.87. The van der Waals surface area contributed by atoms with Gasteiger partial charge in [0.1, 0.15) is 0 Å². The smallest absolute Gasteiger partial charge is 0.325 e. The Morgan fingerprint density at radius 2 is 0.892 bits per heavy atom. The van der Waals surface area contributed by atoms with Gasteiger partial charge in [-0.05, 0) is 12.8 Å². The minimum atomic E-state index is -4.84. The van der Waals surface area contributed by atoms with Crippen LogP contribution in [-0.4, -0.2) is 53.6 Å². The third kappa shape index (κ3) is 30.9. The Morgan fingerprint density at radius 3 is 1.11 bits per heavy atom. The summed E-state index contributed by atoms with van der Waals surface area (Å²) in [5.41, 5.74) is 0. The zero-order valence-corrected chi connectivity index (χ0v) is 24.4. The highest BCUT2D eigenvalue weighted by Gasteiger charge is 2.33. The molecule has 8 nitrogen and oxygen atoms in total. The lowest BCUT2D eigenvalue weighted by atomic mass is 10.1. The molecule has 0 spiro atoms. The van der Waals surface area contributed by atoms with E-state index in [1.54, 1.807) is 0 Å². The summed E-state index contributed by atoms with van der Waals surface area (Å²) in [5, 5.41) is 13.9. The van der Waals surface area contributed by atoms with Crippen LogP contribution < -0.4 is 0 Å². The molecule has 0 heterocycles. The first-order chi connectivity index (χ1) is 17.7. The molecule has 9 heteroatoms. The van der Waals surface area contributed by atoms with Crippen LogP contribution in [0.2, 0.25) is 0 Å². The summed E-state index contributed by atoms with van der Waals surface area (Å²) in [6.45, 7) is 6.57. The molecule has 3 N–H and O–H groups in total. The van der Waals surface area contributed by atoms with Crippen molar-refractivity contribution in [2.24, 2.45) is 0 Å². The summed E-state index contributed by atoms with van der Waals surface area (Å²) in [5.74, 6) is -3.50. The van der Waals surface area contributed by atoms with E-state index in [2.05, 4.69) is 13.8 Å². The molecule has 0 radical (unpaired) electrons. The fraction of sp³-hybridized carbons (Fsp3) is 0.929. The summed E-state index contributed by atoms with van der Waals surface area (Å²) in [4.78, 5) is 20.0. The van der Waals surface area contributed by atoms with Gasteiger partial charge < -0.3 is 14.9 Å². The Kier molecular flexibility index (Phi) is 28.6. The van der Waals surface area contributed by atoms with E-state index in [0.29, 0.717) is 0 Å². The molecule has 0 fully saturated rings. The standard InChI is InChI=1S/C24H50O.C4H6O7S/c1-3-5-7-9-11-13-15-17-19-21-23-25-24-22-20-18-16-14-12-10-8-6-4-2;5-3(6)1-2(4(7)8)12(9,10)11/h3-24H2,1-2H3;2H,1H2,(H,5,6)(H,7,8)(H,9,10,11). The first-order valence-corrected chi connectivity index (χ1v) is 16.2. The lowest BCUT2D eigenvalue weighted by molar-refractivity contribution is -0.143. The topological polar surface area (TPSA) is 138 Å². The first kappa shape index (κ1) is 38.0. The van der Waals surface area contributed by atoms with Crippen molar-refractivity contribution in [2.75, 3.05) is 13.2 Å². The van der Waals surface area contributed by atoms with E-state index >= 15 is 0 Å². The van der Waals surface area contributed by atoms with Crippen molar-refractivity contribution in [3.8, 4) is 0 Å². The summed E-state index contributed by atoms with van der Waals surface area (Å²) >= 11 is 0. The van der Waals surface area contributed by atoms with E-state index in [4.69, 9.17) is 19.5 Å². The molecule has 1 atom stereocenters. The lowest BCUT2D eigenvalue weighted by Gasteiger charge is -2.05. The van der Waals surface area contributed by atoms with Crippen LogP contribution in [0.25, 0.3) is 0 Å². The van der Waals surface area contributed by atoms with Crippen LogP contribution in [0.4, 0.5) is 0 Å². The van der Waals surface area contributed by atoms with E-state index in [-0.39, 0.29) is 0 Å². The molecule has 0 aliphatic rings. The molecule has 0 bridgehead atoms. The number of aliphatic carboxylic acids is 2. The van der Waals surface area contributed by atoms with Gasteiger partial charge in [0.15, 0.2) is 5.25 Å². The summed E-state index contributed by atoms with van der Waals surface area (Å²) in [6, 6.07) is 0. The Hall–Kier alpha value is -1.19. The molecule has 0 aromatic carbocycles. The zero-order valence-electron chi connectivity index (χ0n) is 23.6. The number of hydrogen-bond acceptors (Lipinski definition) is 5. The maximum Gasteiger partial charge on any atom is 0.325 e. The predicted molar refractivity (Wildman–Crippen MR) is 150 cm³/mol. The molecular formula is C28H56O8S. The normalized spacial score (nSPS) is 12.1. The molecule has 0 aliphatic carbocycles. The van der Waals surface area contributed by atoms with Crippen LogP contribution in [-0.2, 0) is 24.4 Å². The van der Waals surface area contributed by atoms with Crippen LogP contribution in [0.1, 0.15) is 149 Å². The van der Waals surface area contributed by atoms with Gasteiger partial charge in [-0.25, -0.2) is 0 Å². The second kappa shape index (κ2) is 27.8. The van der Waals surface area contributed by atoms with Gasteiger partial charge in [0.05, 0.1) is 6.42 Å². The third-order valence-electron chi connectivity index (χ3n) is 6.28. The Bertz CT molecular complexity index is 600. The van der Waals surface area contributed by atoms with Gasteiger partial charge in [-0.15, -0.1) is 0 Å². The second-order valence-corrected chi connectivity index (χ2v) is 11.5. The van der Waals surface area contributed by atoms with Gasteiger partial charge in [-0.2, -0.15) is 8.42 Å². The minimum Gasteiger partial charge on any atom is -0.481 e. The maximum absolute atomic E-state index is 10.2. The van der Waals surface area contributed by atoms with E-state index < -0.39 is 33.7 Å². The second-order valence-electron chi connectivity index (χ2n) is 9.92. The van der Waals surface area contributed by atoms with Crippen molar-refractivity contribution in [1.82, 2.24) is 0 Å². The predicted octanol–water partition coefficient (Wildman–Crippen LogP) is 7.65. The van der Waals surface area contributed by atoms with Crippen molar-refractivity contribution < 1.29 is 37.5 Å². The van der Waals surface area contributed by atoms with Crippen molar-refractivity contribution in [3.63, 3.8) is 0 Å². The van der Waals surface area contributed by atoms with Crippen molar-refractivity contribution in [1.29, 1.82) is 0 Å². The van der Waals surface area contributed by atoms with Gasteiger partial charge in [0.2, 0.25) is 0 Å². The van der Waals surface area contributed by atoms with E-state index in [9.17, 15) is 18.0 Å². The van der Waals surface area contributed by atoms with Crippen LogP contribution >= 0.6 is 0 Å². The van der Waals surface area contributed by atoms with E-state index in [0.717, 1.165) is 13.2 Å². The Morgan fingerprint density at radius 1 is 0.595 bits per heavy atom. The van der Waals surface area contributed by atoms with Gasteiger partial charge in [0.25, 0.3) is 10.1 Å². The molecule has 0 rings (SSSR count). The highest BCUT2D eigenvalue weighted by atomic mass is 32.2. The summed E-state index contributed by atoms with van der Waals surface area (Å²) in [6.07, 6.45) is 27.0. The number of carbonyl (C=O) groups is 2. The van der Waals surface area contributed by atoms with Crippen LogP contribution in [0.15, 0.2) is 0 Å². The van der Waals surface area contributed by atoms with E-state index in [1.807, 2.05) is 0 Å². The average molecular weight is 553 g/mol. The molecule has 37 heavy (non-hydrogen) atoms. The van der Waals surface area contributed by atoms with Gasteiger partial charge in [-0.3, -0.25) is 14.1 Å². The lowest BCUT2D eigenvalue weighted by Crippen LogP contribution is -2.31. The molecular weight excluding hydrogens is 496 g/mol. The number of unbranched alkanes of at least 4 members (excludes halogenated alkanes) is 18. The fourth-order valence-electron chi connectivity index (χ4n) is 3.96. The SMILES string of the molecule is CCCCCCCCCCCCOCCCCCCCCCCCC.O=C(O)CC(C(=O)O)S(=O)(=O)O. The Labute approximate surface area is 226 Å². The number of carboxylic acid groups (broad SMARTS) is 2. The van der Waals surface area contributed by atoms with Crippen LogP contribution in [0.5, 0.6) is 0 Å². The number of rotatable bonds is 26. The number of hydrogen-bond donors (Lipinski definition) is 3. The summed E-state index contributed by atoms with van der Waals surface area (Å²) < 4.78 is 34.4. The Balaban J connectivity index is 0. The molecule has 1 unspecified atom stereocenters. The fourth-order valence-corrected chi connectivity index (χ4v) is 4.57. The number of ether oxygens (including phenoxy) is 1. The molecule has 0 aromatic heterocycles. The maximum atomic E-state index is 10.2. The van der Waals surface area contributed by atoms with Gasteiger partial charge >= 0.3 is 11.9 Å². The van der Waals surface area contributed by atoms with Crippen LogP contribution in [0, 0.1) is 0 Å². The van der Waals surface area contributed by atoms with Crippen LogP contribution in [0.3, 0.4) is 0 Å². The van der Waals surface area contributed by atoms with Crippen molar-refractivity contribution >= 4 is 22.1 Å². The highest BCUT2D eigenvalue weighted by Crippen LogP contribution is 2.12. The van der Waals surface area contributed by atoms with Crippen molar-refractivity contribution in [2.45, 2.75) is 154 Å². The average Bonchev–Trinajstić information content (AvgIpc) is 2.83. The van der Waals surface area contributed by atoms with E-state index in [1.165, 1.54) is 128 Å². The third-order valence-corrected chi connectivity index (χ3v) is 7.37. The zero-order chi connectivity index (χ0) is 28.2. The van der Waals surface area contributed by atoms with Crippen molar-refractivity contribution in [3.05, 3.63) is 0 Å². The monoisotopic (exact) mass is 552 g/mol. The molecule has 222 valence electrons. The largest absolute Gasteiger partial charge is 0.481 e.